The van der Waals surface area contributed by atoms with E-state index in [1.54, 1.807) is 6.33 Å². The Morgan fingerprint density at radius 2 is 2.00 bits per heavy atom. The Hall–Kier alpha value is -2.05. The molecule has 1 saturated heterocycles. The average Bonchev–Trinajstić information content (AvgIpc) is 3.20. The van der Waals surface area contributed by atoms with Crippen LogP contribution < -0.4 is 5.32 Å². The van der Waals surface area contributed by atoms with Crippen LogP contribution in [0.15, 0.2) is 24.5 Å². The lowest BCUT2D eigenvalue weighted by Gasteiger charge is -2.15. The van der Waals surface area contributed by atoms with E-state index in [0.717, 1.165) is 24.1 Å². The van der Waals surface area contributed by atoms with Gasteiger partial charge in [-0.3, -0.25) is 0 Å². The fraction of sp³-hybridized carbons (Fsp3) is 0.353. The van der Waals surface area contributed by atoms with Gasteiger partial charge in [0.05, 0.1) is 12.0 Å². The summed E-state index contributed by atoms with van der Waals surface area (Å²) in [5, 5.41) is 3.22. The molecule has 0 amide bonds. The Bertz CT molecular complexity index is 622. The van der Waals surface area contributed by atoms with E-state index in [4.69, 9.17) is 6.42 Å². The number of nitrogens with zero attached hydrogens (tertiary/aromatic N) is 1. The zero-order valence-electron chi connectivity index (χ0n) is 11.6. The number of terminal acetylenes is 1. The van der Waals surface area contributed by atoms with Gasteiger partial charge in [-0.1, -0.05) is 12.0 Å². The van der Waals surface area contributed by atoms with Crippen molar-refractivity contribution in [2.75, 3.05) is 13.1 Å². The van der Waals surface area contributed by atoms with Gasteiger partial charge in [-0.05, 0) is 56.5 Å². The Kier molecular flexibility index (Phi) is 3.85. The summed E-state index contributed by atoms with van der Waals surface area (Å²) in [6, 6.07) is 6.14. The maximum atomic E-state index is 5.39. The molecule has 0 saturated carbocycles. The Morgan fingerprint density at radius 3 is 2.70 bits per heavy atom. The van der Waals surface area contributed by atoms with E-state index in [0.29, 0.717) is 0 Å². The molecule has 0 radical (unpaired) electrons. The Morgan fingerprint density at radius 1 is 1.15 bits per heavy atom. The second-order valence-electron chi connectivity index (χ2n) is 5.20. The number of nitrogens with one attached hydrogen (secondary N) is 2. The van der Waals surface area contributed by atoms with Crippen molar-refractivity contribution >= 4 is 0 Å². The highest BCUT2D eigenvalue weighted by Gasteiger charge is 2.17. The van der Waals surface area contributed by atoms with Gasteiger partial charge in [-0.2, -0.15) is 0 Å². The summed E-state index contributed by atoms with van der Waals surface area (Å²) in [6.07, 6.45) is 12.0. The quantitative estimate of drug-likeness (QED) is 0.719. The number of fused-ring (bicyclic) bond motifs is 3. The van der Waals surface area contributed by atoms with Crippen LogP contribution in [0.5, 0.6) is 0 Å². The predicted molar refractivity (Wildman–Crippen MR) is 81.5 cm³/mol. The maximum Gasteiger partial charge on any atom is 0.0929 e. The minimum Gasteiger partial charge on any atom is -0.348 e. The molecule has 1 aliphatic carbocycles. The van der Waals surface area contributed by atoms with Gasteiger partial charge >= 0.3 is 0 Å². The third kappa shape index (κ3) is 2.61. The minimum atomic E-state index is 0.952. The fourth-order valence-electron chi connectivity index (χ4n) is 2.75. The predicted octanol–water partition coefficient (Wildman–Crippen LogP) is 2.53. The third-order valence-electron chi connectivity index (χ3n) is 3.85. The molecule has 3 heteroatoms. The van der Waals surface area contributed by atoms with Crippen molar-refractivity contribution in [1.29, 1.82) is 0 Å². The van der Waals surface area contributed by atoms with Crippen molar-refractivity contribution in [3.63, 3.8) is 0 Å². The smallest absolute Gasteiger partial charge is 0.0929 e. The zero-order valence-corrected chi connectivity index (χ0v) is 11.6. The van der Waals surface area contributed by atoms with Crippen molar-refractivity contribution in [3.05, 3.63) is 41.3 Å². The molecule has 4 rings (SSSR count). The van der Waals surface area contributed by atoms with Crippen LogP contribution >= 0.6 is 0 Å². The second-order valence-corrected chi connectivity index (χ2v) is 5.20. The number of aromatic amines is 1. The van der Waals surface area contributed by atoms with Crippen LogP contribution in [0, 0.1) is 12.3 Å². The zero-order chi connectivity index (χ0) is 13.8. The first kappa shape index (κ1) is 13.0. The second kappa shape index (κ2) is 5.94. The van der Waals surface area contributed by atoms with Crippen LogP contribution in [0.4, 0.5) is 0 Å². The first-order valence-electron chi connectivity index (χ1n) is 7.21. The van der Waals surface area contributed by atoms with E-state index in [9.17, 15) is 0 Å². The van der Waals surface area contributed by atoms with Crippen molar-refractivity contribution in [3.8, 4) is 23.6 Å². The number of hydrogen-bond acceptors (Lipinski definition) is 2. The highest BCUT2D eigenvalue weighted by atomic mass is 14.9. The van der Waals surface area contributed by atoms with Gasteiger partial charge in [0.2, 0.25) is 0 Å². The molecule has 0 spiro atoms. The van der Waals surface area contributed by atoms with Crippen LogP contribution in [0.2, 0.25) is 0 Å². The molecule has 102 valence electrons. The first-order valence-corrected chi connectivity index (χ1v) is 7.21. The highest BCUT2D eigenvalue weighted by molar-refractivity contribution is 5.69. The summed E-state index contributed by atoms with van der Waals surface area (Å²) in [4.78, 5) is 7.52. The van der Waals surface area contributed by atoms with Crippen LogP contribution in [0.1, 0.15) is 29.7 Å². The number of benzene rings is 1. The topological polar surface area (TPSA) is 40.7 Å². The summed E-state index contributed by atoms with van der Waals surface area (Å²) in [6.45, 7) is 2.50. The van der Waals surface area contributed by atoms with E-state index >= 15 is 0 Å². The number of hydrogen-bond donors (Lipinski definition) is 2. The molecule has 0 unspecified atom stereocenters. The molecule has 1 fully saturated rings. The summed E-state index contributed by atoms with van der Waals surface area (Å²) < 4.78 is 0. The number of rotatable bonds is 0. The summed E-state index contributed by atoms with van der Waals surface area (Å²) in [7, 11) is 0. The summed E-state index contributed by atoms with van der Waals surface area (Å²) in [5.74, 6) is 2.67. The first-order chi connectivity index (χ1) is 9.88. The average molecular weight is 265 g/mol. The van der Waals surface area contributed by atoms with Gasteiger partial charge in [0, 0.05) is 16.8 Å². The Balaban J connectivity index is 0.000000205. The number of aromatic nitrogens is 2. The molecular formula is C17H19N3. The van der Waals surface area contributed by atoms with Crippen LogP contribution in [-0.4, -0.2) is 23.1 Å². The van der Waals surface area contributed by atoms with Gasteiger partial charge < -0.3 is 10.3 Å². The molecule has 1 aromatic carbocycles. The van der Waals surface area contributed by atoms with Crippen LogP contribution in [0.25, 0.3) is 11.3 Å². The van der Waals surface area contributed by atoms with Gasteiger partial charge in [-0.15, -0.1) is 6.42 Å². The minimum absolute atomic E-state index is 0.952. The van der Waals surface area contributed by atoms with Crippen molar-refractivity contribution in [2.24, 2.45) is 0 Å². The monoisotopic (exact) mass is 265 g/mol. The molecule has 2 aliphatic rings. The number of H-pyrrole nitrogens is 1. The van der Waals surface area contributed by atoms with Crippen LogP contribution in [-0.2, 0) is 12.8 Å². The molecule has 1 aromatic heterocycles. The normalized spacial score (nSPS) is 15.6. The van der Waals surface area contributed by atoms with Crippen molar-refractivity contribution in [1.82, 2.24) is 15.3 Å². The molecule has 2 N–H and O–H groups in total. The van der Waals surface area contributed by atoms with Gasteiger partial charge in [0.1, 0.15) is 0 Å². The lowest BCUT2D eigenvalue weighted by molar-refractivity contribution is 0.857. The maximum absolute atomic E-state index is 5.39. The standard InChI is InChI=1S/C13H10N2.C4H9N/c1-2-9-3-5-11-10(7-9)4-6-12-13(11)15-8-14-12;1-2-4-5-3-1/h1,3,5,7-8H,4,6H2,(H,14,15);5H,1-4H2. The summed E-state index contributed by atoms with van der Waals surface area (Å²) >= 11 is 0. The number of aryl methyl sites for hydroxylation is 2. The van der Waals surface area contributed by atoms with Crippen LogP contribution in [0.3, 0.4) is 0 Å². The van der Waals surface area contributed by atoms with Gasteiger partial charge in [0.25, 0.3) is 0 Å². The fourth-order valence-corrected chi connectivity index (χ4v) is 2.75. The van der Waals surface area contributed by atoms with E-state index in [2.05, 4.69) is 33.3 Å². The third-order valence-corrected chi connectivity index (χ3v) is 3.85. The molecule has 3 nitrogen and oxygen atoms in total. The van der Waals surface area contributed by atoms with E-state index in [-0.39, 0.29) is 0 Å². The molecule has 20 heavy (non-hydrogen) atoms. The molecule has 1 aliphatic heterocycles. The molecule has 2 aromatic rings. The lowest BCUT2D eigenvalue weighted by Crippen LogP contribution is -2.03. The van der Waals surface area contributed by atoms with Crippen molar-refractivity contribution < 1.29 is 0 Å². The van der Waals surface area contributed by atoms with E-state index in [1.807, 2.05) is 6.07 Å². The van der Waals surface area contributed by atoms with Crippen molar-refractivity contribution in [2.45, 2.75) is 25.7 Å². The highest BCUT2D eigenvalue weighted by Crippen LogP contribution is 2.31. The molecule has 0 atom stereocenters. The molecule has 0 bridgehead atoms. The summed E-state index contributed by atoms with van der Waals surface area (Å²) in [5.41, 5.74) is 5.80. The Labute approximate surface area is 119 Å². The van der Waals surface area contributed by atoms with Gasteiger partial charge in [0.15, 0.2) is 0 Å². The van der Waals surface area contributed by atoms with E-state index < -0.39 is 0 Å². The molecule has 2 heterocycles. The van der Waals surface area contributed by atoms with Gasteiger partial charge in [-0.25, -0.2) is 4.98 Å². The largest absolute Gasteiger partial charge is 0.348 e. The molecular weight excluding hydrogens is 246 g/mol. The van der Waals surface area contributed by atoms with E-state index in [1.165, 1.54) is 42.8 Å². The SMILES string of the molecule is C#Cc1ccc2c(c1)CCc1[nH]cnc1-2.C1CCNC1. The lowest BCUT2D eigenvalue weighted by atomic mass is 9.91. The number of imidazole rings is 1.